The third-order valence-electron chi connectivity index (χ3n) is 0.696. The maximum Gasteiger partial charge on any atom is 0.299 e. The highest BCUT2D eigenvalue weighted by Crippen LogP contribution is 1.98. The van der Waals surface area contributed by atoms with Crippen LogP contribution in [0.3, 0.4) is 0 Å². The van der Waals surface area contributed by atoms with Crippen molar-refractivity contribution in [2.75, 3.05) is 0 Å². The minimum Gasteiger partial charge on any atom is -0.289 e. The first-order valence-corrected chi connectivity index (χ1v) is 3.51. The van der Waals surface area contributed by atoms with Crippen LogP contribution in [-0.2, 0) is 14.9 Å². The predicted octanol–water partition coefficient (Wildman–Crippen LogP) is -1.62. The van der Waals surface area contributed by atoms with E-state index in [2.05, 4.69) is 12.4 Å². The van der Waals surface area contributed by atoms with Crippen LogP contribution < -0.4 is 11.3 Å². The summed E-state index contributed by atoms with van der Waals surface area (Å²) < 4.78 is 28.3. The van der Waals surface area contributed by atoms with E-state index in [1.165, 1.54) is 5.43 Å². The van der Waals surface area contributed by atoms with E-state index in [1.807, 2.05) is 0 Å². The quantitative estimate of drug-likeness (QED) is 0.150. The van der Waals surface area contributed by atoms with Crippen LogP contribution >= 0.6 is 0 Å². The zero-order valence-corrected chi connectivity index (χ0v) is 5.68. The lowest BCUT2D eigenvalue weighted by atomic mass is 10.6. The molecule has 6 nitrogen and oxygen atoms in total. The van der Waals surface area contributed by atoms with Crippen LogP contribution in [0.5, 0.6) is 0 Å². The maximum absolute atomic E-state index is 10.3. The van der Waals surface area contributed by atoms with Crippen LogP contribution in [-0.4, -0.2) is 18.9 Å². The molecular weight excluding hydrogens is 160 g/mol. The van der Waals surface area contributed by atoms with Crippen molar-refractivity contribution in [2.24, 2.45) is 5.84 Å². The van der Waals surface area contributed by atoms with E-state index in [4.69, 9.17) is 4.55 Å². The Morgan fingerprint density at radius 2 is 2.00 bits per heavy atom. The molecule has 1 amide bonds. The lowest BCUT2D eigenvalue weighted by Crippen LogP contribution is -2.33. The van der Waals surface area contributed by atoms with Gasteiger partial charge in [0.1, 0.15) is 0 Å². The number of carbonyl (C=O) groups excluding carboxylic acids is 1. The van der Waals surface area contributed by atoms with Crippen LogP contribution in [0.1, 0.15) is 0 Å². The van der Waals surface area contributed by atoms with E-state index in [0.717, 1.165) is 0 Å². The molecule has 0 aliphatic carbocycles. The molecule has 0 radical (unpaired) electrons. The Bertz CT molecular complexity index is 254. The summed E-state index contributed by atoms with van der Waals surface area (Å²) in [5.41, 5.74) is 1.49. The average molecular weight is 166 g/mol. The number of hydrazine groups is 1. The second-order valence-corrected chi connectivity index (χ2v) is 2.81. The minimum atomic E-state index is -4.50. The van der Waals surface area contributed by atoms with Crippen molar-refractivity contribution in [3.8, 4) is 0 Å². The Morgan fingerprint density at radius 3 is 2.10 bits per heavy atom. The van der Waals surface area contributed by atoms with Gasteiger partial charge in [-0.3, -0.25) is 14.8 Å². The third-order valence-corrected chi connectivity index (χ3v) is 1.50. The van der Waals surface area contributed by atoms with Crippen LogP contribution in [0.15, 0.2) is 11.5 Å². The first-order valence-electron chi connectivity index (χ1n) is 2.07. The molecule has 0 saturated heterocycles. The highest BCUT2D eigenvalue weighted by molar-refractivity contribution is 7.90. The van der Waals surface area contributed by atoms with Gasteiger partial charge >= 0.3 is 0 Å². The van der Waals surface area contributed by atoms with Crippen LogP contribution in [0.2, 0.25) is 0 Å². The zero-order chi connectivity index (χ0) is 8.36. The molecule has 0 heterocycles. The van der Waals surface area contributed by atoms with Crippen molar-refractivity contribution in [3.63, 3.8) is 0 Å². The molecule has 0 aliphatic rings. The summed E-state index contributed by atoms with van der Waals surface area (Å²) in [6.07, 6.45) is 0. The van der Waals surface area contributed by atoms with Gasteiger partial charge in [0.25, 0.3) is 16.0 Å². The van der Waals surface area contributed by atoms with Gasteiger partial charge in [-0.1, -0.05) is 6.58 Å². The fourth-order valence-corrected chi connectivity index (χ4v) is 0.491. The SMILES string of the molecule is C=C(C(=O)NN)S(=O)(=O)O. The largest absolute Gasteiger partial charge is 0.299 e. The molecule has 10 heavy (non-hydrogen) atoms. The summed E-state index contributed by atoms with van der Waals surface area (Å²) in [6.45, 7) is 2.77. The minimum absolute atomic E-state index is 0.977. The van der Waals surface area contributed by atoms with Crippen molar-refractivity contribution in [1.82, 2.24) is 5.43 Å². The molecule has 0 rings (SSSR count). The molecule has 0 atom stereocenters. The maximum atomic E-state index is 10.3. The summed E-state index contributed by atoms with van der Waals surface area (Å²) in [7, 11) is -4.50. The van der Waals surface area contributed by atoms with Gasteiger partial charge in [-0.15, -0.1) is 0 Å². The molecule has 7 heteroatoms. The molecule has 0 aliphatic heterocycles. The van der Waals surface area contributed by atoms with Gasteiger partial charge in [0.15, 0.2) is 4.91 Å². The van der Waals surface area contributed by atoms with E-state index < -0.39 is 20.9 Å². The molecule has 0 spiro atoms. The summed E-state index contributed by atoms with van der Waals surface area (Å²) in [4.78, 5) is 9.31. The van der Waals surface area contributed by atoms with Gasteiger partial charge in [-0.05, 0) is 0 Å². The summed E-state index contributed by atoms with van der Waals surface area (Å²) in [6, 6.07) is 0. The Morgan fingerprint density at radius 1 is 1.60 bits per heavy atom. The molecule has 4 N–H and O–H groups in total. The van der Waals surface area contributed by atoms with Crippen LogP contribution in [0, 0.1) is 0 Å². The number of carbonyl (C=O) groups is 1. The number of amides is 1. The summed E-state index contributed by atoms with van der Waals surface area (Å²) >= 11 is 0. The number of hydrogen-bond donors (Lipinski definition) is 3. The molecule has 0 aromatic rings. The first-order chi connectivity index (χ1) is 4.39. The van der Waals surface area contributed by atoms with E-state index in [1.54, 1.807) is 0 Å². The molecule has 0 aromatic carbocycles. The van der Waals surface area contributed by atoms with Crippen molar-refractivity contribution in [3.05, 3.63) is 11.5 Å². The second kappa shape index (κ2) is 2.78. The molecule has 0 unspecified atom stereocenters. The first kappa shape index (κ1) is 9.08. The fraction of sp³-hybridized carbons (Fsp3) is 0. The Labute approximate surface area is 57.4 Å². The second-order valence-electron chi connectivity index (χ2n) is 1.37. The van der Waals surface area contributed by atoms with Gasteiger partial charge in [0.05, 0.1) is 0 Å². The molecule has 0 bridgehead atoms. The number of rotatable bonds is 2. The lowest BCUT2D eigenvalue weighted by Gasteiger charge is -1.97. The van der Waals surface area contributed by atoms with E-state index >= 15 is 0 Å². The van der Waals surface area contributed by atoms with Crippen LogP contribution in [0.25, 0.3) is 0 Å². The Balaban J connectivity index is 4.57. The normalized spacial score (nSPS) is 10.6. The van der Waals surface area contributed by atoms with Gasteiger partial charge in [-0.2, -0.15) is 8.42 Å². The van der Waals surface area contributed by atoms with E-state index in [-0.39, 0.29) is 0 Å². The number of nitrogens with one attached hydrogen (secondary N) is 1. The third kappa shape index (κ3) is 2.13. The molecule has 0 fully saturated rings. The van der Waals surface area contributed by atoms with Gasteiger partial charge in [-0.25, -0.2) is 5.84 Å². The van der Waals surface area contributed by atoms with E-state index in [9.17, 15) is 13.2 Å². The van der Waals surface area contributed by atoms with Gasteiger partial charge < -0.3 is 0 Å². The molecular formula is C3H6N2O4S. The van der Waals surface area contributed by atoms with Crippen molar-refractivity contribution < 1.29 is 17.8 Å². The highest BCUT2D eigenvalue weighted by Gasteiger charge is 2.17. The topological polar surface area (TPSA) is 109 Å². The van der Waals surface area contributed by atoms with Crippen molar-refractivity contribution in [2.45, 2.75) is 0 Å². The monoisotopic (exact) mass is 166 g/mol. The van der Waals surface area contributed by atoms with Gasteiger partial charge in [0, 0.05) is 0 Å². The summed E-state index contributed by atoms with van der Waals surface area (Å²) in [5.74, 6) is 3.40. The van der Waals surface area contributed by atoms with Crippen LogP contribution in [0.4, 0.5) is 0 Å². The summed E-state index contributed by atoms with van der Waals surface area (Å²) in [5, 5.41) is 0. The smallest absolute Gasteiger partial charge is 0.289 e. The zero-order valence-electron chi connectivity index (χ0n) is 4.86. The molecule has 0 saturated carbocycles. The van der Waals surface area contributed by atoms with Crippen molar-refractivity contribution in [1.29, 1.82) is 0 Å². The number of nitrogens with two attached hydrogens (primary N) is 1. The van der Waals surface area contributed by atoms with E-state index in [0.29, 0.717) is 0 Å². The Hall–Kier alpha value is -0.920. The number of hydrogen-bond acceptors (Lipinski definition) is 4. The highest BCUT2D eigenvalue weighted by atomic mass is 32.2. The predicted molar refractivity (Wildman–Crippen MR) is 33.0 cm³/mol. The fourth-order valence-electron chi connectivity index (χ4n) is 0.198. The van der Waals surface area contributed by atoms with Crippen molar-refractivity contribution >= 4 is 16.0 Å². The average Bonchev–Trinajstić information content (AvgIpc) is 1.83. The molecule has 0 aromatic heterocycles. The Kier molecular flexibility index (Phi) is 2.52. The molecule has 58 valence electrons. The lowest BCUT2D eigenvalue weighted by molar-refractivity contribution is -0.116. The van der Waals surface area contributed by atoms with Gasteiger partial charge in [0.2, 0.25) is 0 Å². The standard InChI is InChI=1S/C3H6N2O4S/c1-2(3(6)5-4)10(7,8)9/h1,4H2,(H,5,6)(H,7,8,9).